The zero-order chi connectivity index (χ0) is 29.4. The van der Waals surface area contributed by atoms with Gasteiger partial charge in [0.15, 0.2) is 11.5 Å². The molecule has 1 rings (SSSR count). The van der Waals surface area contributed by atoms with Gasteiger partial charge in [0.2, 0.25) is 0 Å². The number of rotatable bonds is 17. The van der Waals surface area contributed by atoms with Crippen molar-refractivity contribution < 1.29 is 42.9 Å². The van der Waals surface area contributed by atoms with Gasteiger partial charge in [-0.2, -0.15) is 0 Å². The van der Waals surface area contributed by atoms with Crippen LogP contribution in [-0.2, 0) is 35.0 Å². The van der Waals surface area contributed by atoms with Crippen LogP contribution in [-0.4, -0.2) is 49.4 Å². The maximum Gasteiger partial charge on any atom is 0.508 e. The van der Waals surface area contributed by atoms with Gasteiger partial charge in [0.05, 0.1) is 13.7 Å². The molecule has 0 amide bonds. The lowest BCUT2D eigenvalue weighted by Crippen LogP contribution is -2.53. The normalized spacial score (nSPS) is 13.9. The monoisotopic (exact) mass is 551 g/mol. The SMILES string of the molecule is CCCCC(=O)Oc1ccc(CC(N)(C[C@H](C)OC(=O)OCC(C)CC)C(=O)OC)cc1OC(=O)CCCC. The lowest BCUT2D eigenvalue weighted by Gasteiger charge is -2.29. The number of ether oxygens (including phenoxy) is 5. The van der Waals surface area contributed by atoms with Crippen molar-refractivity contribution in [2.24, 2.45) is 11.7 Å². The van der Waals surface area contributed by atoms with Crippen LogP contribution < -0.4 is 15.2 Å². The van der Waals surface area contributed by atoms with Gasteiger partial charge in [-0.15, -0.1) is 0 Å². The molecule has 0 fully saturated rings. The second-order valence-electron chi connectivity index (χ2n) is 9.97. The molecule has 1 aromatic rings. The van der Waals surface area contributed by atoms with Crippen LogP contribution in [0.1, 0.15) is 91.5 Å². The molecule has 0 radical (unpaired) electrons. The van der Waals surface area contributed by atoms with Gasteiger partial charge >= 0.3 is 24.1 Å². The number of hydrogen-bond acceptors (Lipinski definition) is 10. The first-order valence-corrected chi connectivity index (χ1v) is 13.7. The van der Waals surface area contributed by atoms with Gasteiger partial charge < -0.3 is 29.4 Å². The van der Waals surface area contributed by atoms with E-state index >= 15 is 0 Å². The first kappa shape index (κ1) is 33.9. The molecule has 0 saturated carbocycles. The summed E-state index contributed by atoms with van der Waals surface area (Å²) in [6.45, 7) is 9.69. The molecular weight excluding hydrogens is 506 g/mol. The third-order valence-electron chi connectivity index (χ3n) is 6.17. The maximum atomic E-state index is 12.7. The lowest BCUT2D eigenvalue weighted by atomic mass is 9.86. The molecule has 0 heterocycles. The molecule has 2 unspecified atom stereocenters. The van der Waals surface area contributed by atoms with Gasteiger partial charge in [0.1, 0.15) is 11.6 Å². The maximum absolute atomic E-state index is 12.7. The average molecular weight is 552 g/mol. The molecule has 1 aromatic carbocycles. The van der Waals surface area contributed by atoms with E-state index in [0.717, 1.165) is 19.3 Å². The number of benzene rings is 1. The minimum Gasteiger partial charge on any atom is -0.468 e. The number of carbonyl (C=O) groups excluding carboxylic acids is 4. The summed E-state index contributed by atoms with van der Waals surface area (Å²) in [5.41, 5.74) is 5.45. The van der Waals surface area contributed by atoms with E-state index in [1.165, 1.54) is 19.2 Å². The fourth-order valence-electron chi connectivity index (χ4n) is 3.69. The van der Waals surface area contributed by atoms with Gasteiger partial charge in [-0.1, -0.05) is 53.0 Å². The predicted molar refractivity (Wildman–Crippen MR) is 145 cm³/mol. The predicted octanol–water partition coefficient (Wildman–Crippen LogP) is 5.27. The summed E-state index contributed by atoms with van der Waals surface area (Å²) in [6.07, 6.45) is 2.56. The Labute approximate surface area is 231 Å². The summed E-state index contributed by atoms with van der Waals surface area (Å²) < 4.78 is 26.4. The first-order chi connectivity index (χ1) is 18.5. The van der Waals surface area contributed by atoms with E-state index in [1.54, 1.807) is 13.0 Å². The minimum absolute atomic E-state index is 0.0289. The van der Waals surface area contributed by atoms with Crippen LogP contribution in [0, 0.1) is 5.92 Å². The fraction of sp³-hybridized carbons (Fsp3) is 0.655. The van der Waals surface area contributed by atoms with Crippen molar-refractivity contribution in [1.29, 1.82) is 0 Å². The molecule has 39 heavy (non-hydrogen) atoms. The second kappa shape index (κ2) is 17.4. The Hall–Kier alpha value is -3.14. The molecule has 0 aliphatic rings. The number of nitrogens with two attached hydrogens (primary N) is 1. The van der Waals surface area contributed by atoms with Crippen molar-refractivity contribution in [3.05, 3.63) is 23.8 Å². The highest BCUT2D eigenvalue weighted by atomic mass is 16.7. The van der Waals surface area contributed by atoms with Gasteiger partial charge in [-0.05, 0) is 43.4 Å². The third-order valence-corrected chi connectivity index (χ3v) is 6.17. The van der Waals surface area contributed by atoms with Crippen molar-refractivity contribution in [2.45, 2.75) is 104 Å². The van der Waals surface area contributed by atoms with Crippen LogP contribution in [0.3, 0.4) is 0 Å². The minimum atomic E-state index is -1.58. The van der Waals surface area contributed by atoms with Crippen LogP contribution in [0.15, 0.2) is 18.2 Å². The van der Waals surface area contributed by atoms with Gasteiger partial charge in [0, 0.05) is 25.7 Å². The highest BCUT2D eigenvalue weighted by Crippen LogP contribution is 2.32. The molecule has 220 valence electrons. The number of methoxy groups -OCH3 is 1. The quantitative estimate of drug-likeness (QED) is 0.201. The Morgan fingerprint density at radius 1 is 0.923 bits per heavy atom. The van der Waals surface area contributed by atoms with Crippen LogP contribution >= 0.6 is 0 Å². The molecule has 3 atom stereocenters. The molecule has 0 aromatic heterocycles. The van der Waals surface area contributed by atoms with Crippen LogP contribution in [0.25, 0.3) is 0 Å². The molecule has 0 spiro atoms. The summed E-state index contributed by atoms with van der Waals surface area (Å²) >= 11 is 0. The van der Waals surface area contributed by atoms with Crippen molar-refractivity contribution in [1.82, 2.24) is 0 Å². The van der Waals surface area contributed by atoms with E-state index in [0.29, 0.717) is 18.4 Å². The number of carbonyl (C=O) groups is 4. The molecule has 2 N–H and O–H groups in total. The van der Waals surface area contributed by atoms with E-state index in [4.69, 9.17) is 29.4 Å². The Balaban J connectivity index is 3.13. The Morgan fingerprint density at radius 2 is 1.51 bits per heavy atom. The average Bonchev–Trinajstić information content (AvgIpc) is 2.89. The number of hydrogen-bond donors (Lipinski definition) is 1. The molecule has 0 saturated heterocycles. The highest BCUT2D eigenvalue weighted by molar-refractivity contribution is 5.81. The second-order valence-corrected chi connectivity index (χ2v) is 9.97. The number of unbranched alkanes of at least 4 members (excludes halogenated alkanes) is 2. The standard InChI is InChI=1S/C29H45NO9/c1-7-10-12-25(31)38-23-15-14-22(16-24(23)39-26(32)13-11-8-2)18-29(30,27(33)35-6)17-21(5)37-28(34)36-19-20(4)9-3/h14-16,20-21H,7-13,17-19,30H2,1-6H3/t20?,21-,29?/m0/s1. The summed E-state index contributed by atoms with van der Waals surface area (Å²) in [5, 5.41) is 0. The topological polar surface area (TPSA) is 140 Å². The van der Waals surface area contributed by atoms with E-state index in [9.17, 15) is 19.2 Å². The zero-order valence-corrected chi connectivity index (χ0v) is 24.2. The summed E-state index contributed by atoms with van der Waals surface area (Å²) in [4.78, 5) is 49.4. The molecule has 0 bridgehead atoms. The van der Waals surface area contributed by atoms with Gasteiger partial charge in [-0.25, -0.2) is 4.79 Å². The van der Waals surface area contributed by atoms with Crippen LogP contribution in [0.2, 0.25) is 0 Å². The smallest absolute Gasteiger partial charge is 0.468 e. The summed E-state index contributed by atoms with van der Waals surface area (Å²) in [7, 11) is 1.22. The summed E-state index contributed by atoms with van der Waals surface area (Å²) in [5.74, 6) is -1.26. The van der Waals surface area contributed by atoms with Gasteiger partial charge in [-0.3, -0.25) is 14.4 Å². The van der Waals surface area contributed by atoms with E-state index in [1.807, 2.05) is 27.7 Å². The van der Waals surface area contributed by atoms with Crippen molar-refractivity contribution >= 4 is 24.1 Å². The van der Waals surface area contributed by atoms with Crippen LogP contribution in [0.5, 0.6) is 11.5 Å². The van der Waals surface area contributed by atoms with Crippen molar-refractivity contribution in [3.63, 3.8) is 0 Å². The molecule has 0 aliphatic carbocycles. The van der Waals surface area contributed by atoms with Crippen LogP contribution in [0.4, 0.5) is 4.79 Å². The Bertz CT molecular complexity index is 949. The van der Waals surface area contributed by atoms with Crippen molar-refractivity contribution in [3.8, 4) is 11.5 Å². The fourth-order valence-corrected chi connectivity index (χ4v) is 3.69. The first-order valence-electron chi connectivity index (χ1n) is 13.7. The van der Waals surface area contributed by atoms with Gasteiger partial charge in [0.25, 0.3) is 0 Å². The molecular formula is C29H45NO9. The largest absolute Gasteiger partial charge is 0.508 e. The van der Waals surface area contributed by atoms with Crippen molar-refractivity contribution in [2.75, 3.05) is 13.7 Å². The zero-order valence-electron chi connectivity index (χ0n) is 24.2. The molecule has 10 nitrogen and oxygen atoms in total. The Kier molecular flexibility index (Phi) is 15.2. The summed E-state index contributed by atoms with van der Waals surface area (Å²) in [6, 6.07) is 4.65. The Morgan fingerprint density at radius 3 is 2.05 bits per heavy atom. The number of esters is 3. The van der Waals surface area contributed by atoms with E-state index in [2.05, 4.69) is 0 Å². The van der Waals surface area contributed by atoms with E-state index in [-0.39, 0.29) is 49.7 Å². The molecule has 0 aliphatic heterocycles. The highest BCUT2D eigenvalue weighted by Gasteiger charge is 2.38. The lowest BCUT2D eigenvalue weighted by molar-refractivity contribution is -0.148. The molecule has 10 heteroatoms. The third kappa shape index (κ3) is 12.5. The van der Waals surface area contributed by atoms with E-state index < -0.39 is 35.7 Å².